The van der Waals surface area contributed by atoms with Gasteiger partial charge in [0.1, 0.15) is 11.9 Å². The molecule has 33 heavy (non-hydrogen) atoms. The van der Waals surface area contributed by atoms with Gasteiger partial charge in [0.15, 0.2) is 11.9 Å². The van der Waals surface area contributed by atoms with Crippen molar-refractivity contribution in [1.29, 1.82) is 0 Å². The van der Waals surface area contributed by atoms with Gasteiger partial charge in [-0.1, -0.05) is 41.4 Å². The topological polar surface area (TPSA) is 76.1 Å². The Bertz CT molecular complexity index is 1130. The third kappa shape index (κ3) is 3.34. The number of hydrogen-bond donors (Lipinski definition) is 1. The average Bonchev–Trinajstić information content (AvgIpc) is 3.11. The lowest BCUT2D eigenvalue weighted by atomic mass is 9.37. The van der Waals surface area contributed by atoms with Crippen LogP contribution in [0.25, 0.3) is 0 Å². The van der Waals surface area contributed by atoms with E-state index in [-0.39, 0.29) is 35.4 Å². The predicted molar refractivity (Wildman–Crippen MR) is 121 cm³/mol. The first kappa shape index (κ1) is 21.0. The van der Waals surface area contributed by atoms with Crippen LogP contribution < -0.4 is 4.74 Å². The van der Waals surface area contributed by atoms with Crippen LogP contribution in [0.1, 0.15) is 61.0 Å². The number of Topliss-reactive ketones (excluding diaryl/α,β-unsaturated/α-hetero) is 1. The van der Waals surface area contributed by atoms with Gasteiger partial charge in [-0.05, 0) is 55.4 Å². The summed E-state index contributed by atoms with van der Waals surface area (Å²) in [6.07, 6.45) is 1.21. The number of ether oxygens (including phenoxy) is 2. The van der Waals surface area contributed by atoms with Crippen LogP contribution in [0.2, 0.25) is 5.02 Å². The van der Waals surface area contributed by atoms with E-state index < -0.39 is 12.2 Å². The van der Waals surface area contributed by atoms with Crippen molar-refractivity contribution < 1.29 is 24.2 Å². The molecule has 172 valence electrons. The van der Waals surface area contributed by atoms with Crippen molar-refractivity contribution in [3.05, 3.63) is 64.2 Å². The third-order valence-corrected chi connectivity index (χ3v) is 8.13. The van der Waals surface area contributed by atoms with E-state index in [4.69, 9.17) is 21.1 Å². The van der Waals surface area contributed by atoms with Crippen LogP contribution in [0.15, 0.2) is 42.5 Å². The lowest BCUT2D eigenvalue weighted by Crippen LogP contribution is -2.75. The van der Waals surface area contributed by atoms with Crippen molar-refractivity contribution in [2.75, 3.05) is 6.54 Å². The molecule has 7 rings (SSSR count). The highest BCUT2D eigenvalue weighted by Gasteiger charge is 2.72. The number of aliphatic hydroxyl groups is 1. The molecule has 4 fully saturated rings. The number of benzene rings is 2. The zero-order valence-corrected chi connectivity index (χ0v) is 19.2. The minimum atomic E-state index is -0.765. The minimum Gasteiger partial charge on any atom is -0.482 e. The zero-order chi connectivity index (χ0) is 23.0. The molecule has 2 aromatic rings. The number of aliphatic hydroxyl groups excluding tert-OH is 1. The second-order valence-corrected chi connectivity index (χ2v) is 10.8. The van der Waals surface area contributed by atoms with Crippen LogP contribution in [0, 0.1) is 12.3 Å². The number of fused-ring (bicyclic) bond motifs is 1. The number of rotatable bonds is 5. The van der Waals surface area contributed by atoms with Gasteiger partial charge in [0.05, 0.1) is 12.6 Å². The summed E-state index contributed by atoms with van der Waals surface area (Å²) >= 11 is 6.02. The normalized spacial score (nSPS) is 34.0. The number of halogens is 1. The molecule has 0 radical (unpaired) electrons. The molecule has 1 unspecified atom stereocenters. The summed E-state index contributed by atoms with van der Waals surface area (Å²) in [6.45, 7) is 2.59. The van der Waals surface area contributed by atoms with Crippen LogP contribution in [0.3, 0.4) is 0 Å². The molecule has 2 aliphatic heterocycles. The van der Waals surface area contributed by atoms with Crippen LogP contribution in [0.5, 0.6) is 5.75 Å². The van der Waals surface area contributed by atoms with E-state index in [2.05, 4.69) is 0 Å². The number of carbonyl (C=O) groups excluding carboxylic acids is 2. The number of nitrogens with zero attached hydrogens (tertiary/aromatic N) is 1. The number of ketones is 1. The maximum Gasteiger partial charge on any atom is 0.411 e. The molecule has 3 aliphatic carbocycles. The molecule has 1 N–H and O–H groups in total. The van der Waals surface area contributed by atoms with Crippen molar-refractivity contribution in [2.24, 2.45) is 5.41 Å². The van der Waals surface area contributed by atoms with Crippen molar-refractivity contribution in [1.82, 2.24) is 4.90 Å². The molecule has 5 aliphatic rings. The summed E-state index contributed by atoms with van der Waals surface area (Å²) in [7, 11) is 0. The van der Waals surface area contributed by atoms with Gasteiger partial charge >= 0.3 is 6.09 Å². The Kier molecular flexibility index (Phi) is 4.59. The van der Waals surface area contributed by atoms with Gasteiger partial charge in [-0.15, -0.1) is 0 Å². The lowest BCUT2D eigenvalue weighted by Gasteiger charge is -2.73. The monoisotopic (exact) mass is 467 g/mol. The van der Waals surface area contributed by atoms with E-state index in [1.54, 1.807) is 18.2 Å². The summed E-state index contributed by atoms with van der Waals surface area (Å²) in [6, 6.07) is 13.2. The van der Waals surface area contributed by atoms with Crippen molar-refractivity contribution in [3.63, 3.8) is 0 Å². The number of cyclic esters (lactones) is 1. The Balaban J connectivity index is 1.08. The van der Waals surface area contributed by atoms with Crippen molar-refractivity contribution in [3.8, 4) is 5.75 Å². The standard InChI is InChI=1S/C26H26ClNO5/c1-15-2-4-16(5-3-15)23-11-28(24(31)33-23)26-12-25(13-26,14-26)10-20(30)22-9-19(29)18-8-17(27)6-7-21(18)32-22/h2-8,19,22-23,29H,9-14H2,1H3/t19-,22-,23?,25?,26?/m1/s1. The van der Waals surface area contributed by atoms with Gasteiger partial charge in [-0.2, -0.15) is 0 Å². The molecule has 6 nitrogen and oxygen atoms in total. The molecule has 1 amide bonds. The average molecular weight is 468 g/mol. The van der Waals surface area contributed by atoms with Crippen molar-refractivity contribution in [2.45, 2.75) is 62.9 Å². The van der Waals surface area contributed by atoms with E-state index >= 15 is 0 Å². The molecule has 1 saturated heterocycles. The fourth-order valence-electron chi connectivity index (χ4n) is 6.32. The maximum atomic E-state index is 13.0. The summed E-state index contributed by atoms with van der Waals surface area (Å²) in [4.78, 5) is 27.5. The van der Waals surface area contributed by atoms with Crippen molar-refractivity contribution >= 4 is 23.5 Å². The van der Waals surface area contributed by atoms with E-state index in [0.29, 0.717) is 29.3 Å². The molecule has 0 aromatic heterocycles. The summed E-state index contributed by atoms with van der Waals surface area (Å²) < 4.78 is 11.6. The van der Waals surface area contributed by atoms with Gasteiger partial charge in [0.25, 0.3) is 0 Å². The minimum absolute atomic E-state index is 0.0180. The van der Waals surface area contributed by atoms with E-state index in [1.165, 1.54) is 5.56 Å². The zero-order valence-electron chi connectivity index (χ0n) is 18.4. The van der Waals surface area contributed by atoms with Gasteiger partial charge in [-0.25, -0.2) is 4.79 Å². The smallest absolute Gasteiger partial charge is 0.411 e. The number of amides is 1. The predicted octanol–water partition coefficient (Wildman–Crippen LogP) is 4.91. The summed E-state index contributed by atoms with van der Waals surface area (Å²) in [5, 5.41) is 11.0. The van der Waals surface area contributed by atoms with Gasteiger partial charge < -0.3 is 14.6 Å². The van der Waals surface area contributed by atoms with E-state index in [9.17, 15) is 14.7 Å². The molecule has 3 saturated carbocycles. The second-order valence-electron chi connectivity index (χ2n) is 10.3. The Hall–Kier alpha value is -2.57. The first-order chi connectivity index (χ1) is 15.8. The Labute approximate surface area is 197 Å². The molecule has 0 spiro atoms. The quantitative estimate of drug-likeness (QED) is 0.676. The van der Waals surface area contributed by atoms with E-state index in [0.717, 1.165) is 24.8 Å². The highest BCUT2D eigenvalue weighted by molar-refractivity contribution is 6.30. The SMILES string of the molecule is Cc1ccc(C2CN(C34CC(CC(=O)[C@H]5C[C@@H](O)c6cc(Cl)ccc6O5)(C3)C4)C(=O)O2)cc1. The summed E-state index contributed by atoms with van der Waals surface area (Å²) in [5.41, 5.74) is 2.59. The van der Waals surface area contributed by atoms with Crippen LogP contribution in [0.4, 0.5) is 4.79 Å². The summed E-state index contributed by atoms with van der Waals surface area (Å²) in [5.74, 6) is 0.539. The Morgan fingerprint density at radius 2 is 1.88 bits per heavy atom. The number of hydrogen-bond acceptors (Lipinski definition) is 5. The van der Waals surface area contributed by atoms with Crippen LogP contribution in [-0.4, -0.2) is 40.1 Å². The van der Waals surface area contributed by atoms with Crippen LogP contribution in [-0.2, 0) is 9.53 Å². The second kappa shape index (κ2) is 7.21. The van der Waals surface area contributed by atoms with Gasteiger partial charge in [0.2, 0.25) is 0 Å². The van der Waals surface area contributed by atoms with Gasteiger partial charge in [-0.3, -0.25) is 9.69 Å². The largest absolute Gasteiger partial charge is 0.482 e. The first-order valence-corrected chi connectivity index (χ1v) is 11.9. The molecule has 2 aromatic carbocycles. The maximum absolute atomic E-state index is 13.0. The van der Waals surface area contributed by atoms with Gasteiger partial charge in [0, 0.05) is 29.0 Å². The molecular weight excluding hydrogens is 442 g/mol. The fourth-order valence-corrected chi connectivity index (χ4v) is 6.50. The fraction of sp³-hybridized carbons (Fsp3) is 0.462. The highest BCUT2D eigenvalue weighted by Crippen LogP contribution is 2.72. The van der Waals surface area contributed by atoms with E-state index in [1.807, 2.05) is 36.1 Å². The number of carbonyl (C=O) groups is 2. The molecule has 2 heterocycles. The highest BCUT2D eigenvalue weighted by atomic mass is 35.5. The van der Waals surface area contributed by atoms with Crippen LogP contribution >= 0.6 is 11.6 Å². The number of aryl methyl sites for hydroxylation is 1. The Morgan fingerprint density at radius 1 is 1.15 bits per heavy atom. The molecule has 2 bridgehead atoms. The molecular formula is C26H26ClNO5. The molecule has 7 heteroatoms. The first-order valence-electron chi connectivity index (χ1n) is 11.5. The Morgan fingerprint density at radius 3 is 2.61 bits per heavy atom. The third-order valence-electron chi connectivity index (χ3n) is 7.89. The molecule has 3 atom stereocenters. The lowest BCUT2D eigenvalue weighted by molar-refractivity contribution is -0.205.